The maximum atomic E-state index is 12.6. The highest BCUT2D eigenvalue weighted by Crippen LogP contribution is 2.16. The van der Waals surface area contributed by atoms with Crippen LogP contribution >= 0.6 is 11.6 Å². The van der Waals surface area contributed by atoms with Crippen molar-refractivity contribution in [3.8, 4) is 0 Å². The number of nitrogens with zero attached hydrogens (tertiary/aromatic N) is 1. The minimum absolute atomic E-state index is 0.0122. The van der Waals surface area contributed by atoms with Gasteiger partial charge in [0, 0.05) is 13.1 Å². The highest BCUT2D eigenvalue weighted by molar-refractivity contribution is 6.33. The average Bonchev–Trinajstić information content (AvgIpc) is 2.52. The Balaban J connectivity index is 2.10. The molecule has 1 aromatic rings. The molecule has 0 radical (unpaired) electrons. The van der Waals surface area contributed by atoms with Gasteiger partial charge in [-0.2, -0.15) is 0 Å². The zero-order chi connectivity index (χ0) is 16.1. The van der Waals surface area contributed by atoms with Crippen LogP contribution in [0.25, 0.3) is 0 Å². The van der Waals surface area contributed by atoms with Crippen LogP contribution in [0.15, 0.2) is 24.3 Å². The SMILES string of the molecule is CC(C)[C@@H](NC(=O)c1ccccc1Cl)C(=O)N1CCOCC1. The first-order chi connectivity index (χ1) is 10.5. The van der Waals surface area contributed by atoms with Gasteiger partial charge in [-0.3, -0.25) is 9.59 Å². The Labute approximate surface area is 135 Å². The molecule has 1 aliphatic heterocycles. The van der Waals surface area contributed by atoms with E-state index in [9.17, 15) is 9.59 Å². The Kier molecular flexibility index (Phi) is 5.80. The summed E-state index contributed by atoms with van der Waals surface area (Å²) in [5.41, 5.74) is 0.379. The molecule has 0 saturated carbocycles. The van der Waals surface area contributed by atoms with Crippen LogP contribution in [0.3, 0.4) is 0 Å². The molecule has 0 aliphatic carbocycles. The van der Waals surface area contributed by atoms with E-state index >= 15 is 0 Å². The van der Waals surface area contributed by atoms with E-state index in [4.69, 9.17) is 16.3 Å². The molecule has 1 aliphatic rings. The maximum Gasteiger partial charge on any atom is 0.253 e. The molecule has 2 amide bonds. The van der Waals surface area contributed by atoms with Gasteiger partial charge < -0.3 is 15.0 Å². The molecule has 1 atom stereocenters. The lowest BCUT2D eigenvalue weighted by atomic mass is 10.0. The van der Waals surface area contributed by atoms with Crippen LogP contribution in [-0.4, -0.2) is 49.1 Å². The summed E-state index contributed by atoms with van der Waals surface area (Å²) in [4.78, 5) is 26.7. The number of hydrogen-bond acceptors (Lipinski definition) is 3. The number of morpholine rings is 1. The van der Waals surface area contributed by atoms with Gasteiger partial charge in [-0.1, -0.05) is 37.6 Å². The zero-order valence-corrected chi connectivity index (χ0v) is 13.6. The molecule has 22 heavy (non-hydrogen) atoms. The van der Waals surface area contributed by atoms with E-state index in [2.05, 4.69) is 5.32 Å². The molecule has 6 heteroatoms. The van der Waals surface area contributed by atoms with Gasteiger partial charge in [0.2, 0.25) is 5.91 Å². The van der Waals surface area contributed by atoms with Gasteiger partial charge in [-0.05, 0) is 18.1 Å². The minimum Gasteiger partial charge on any atom is -0.378 e. The van der Waals surface area contributed by atoms with Crippen LogP contribution in [0.2, 0.25) is 5.02 Å². The summed E-state index contributed by atoms with van der Waals surface area (Å²) in [7, 11) is 0. The van der Waals surface area contributed by atoms with Gasteiger partial charge >= 0.3 is 0 Å². The van der Waals surface area contributed by atoms with Crippen molar-refractivity contribution in [3.63, 3.8) is 0 Å². The van der Waals surface area contributed by atoms with Crippen LogP contribution in [0.4, 0.5) is 0 Å². The third kappa shape index (κ3) is 3.99. The summed E-state index contributed by atoms with van der Waals surface area (Å²) in [5, 5.41) is 3.19. The topological polar surface area (TPSA) is 58.6 Å². The van der Waals surface area contributed by atoms with Crippen LogP contribution in [0.5, 0.6) is 0 Å². The molecule has 1 fully saturated rings. The first-order valence-electron chi connectivity index (χ1n) is 7.42. The number of ether oxygens (including phenoxy) is 1. The molecule has 1 N–H and O–H groups in total. The molecule has 2 rings (SSSR count). The lowest BCUT2D eigenvalue weighted by molar-refractivity contribution is -0.138. The van der Waals surface area contributed by atoms with Gasteiger partial charge in [-0.25, -0.2) is 0 Å². The first-order valence-corrected chi connectivity index (χ1v) is 7.80. The Hall–Kier alpha value is -1.59. The lowest BCUT2D eigenvalue weighted by Crippen LogP contribution is -2.53. The molecule has 0 bridgehead atoms. The summed E-state index contributed by atoms with van der Waals surface area (Å²) in [6, 6.07) is 6.24. The molecular weight excluding hydrogens is 304 g/mol. The molecule has 120 valence electrons. The van der Waals surface area contributed by atoms with Crippen molar-refractivity contribution >= 4 is 23.4 Å². The van der Waals surface area contributed by atoms with E-state index in [0.717, 1.165) is 0 Å². The fourth-order valence-electron chi connectivity index (χ4n) is 2.36. The van der Waals surface area contributed by atoms with E-state index in [1.165, 1.54) is 0 Å². The Morgan fingerprint density at radius 2 is 1.86 bits per heavy atom. The van der Waals surface area contributed by atoms with E-state index in [-0.39, 0.29) is 17.7 Å². The van der Waals surface area contributed by atoms with Crippen LogP contribution < -0.4 is 5.32 Å². The average molecular weight is 325 g/mol. The molecule has 0 aromatic heterocycles. The summed E-state index contributed by atoms with van der Waals surface area (Å²) in [5.74, 6) is -0.411. The Bertz CT molecular complexity index is 542. The molecule has 1 heterocycles. The van der Waals surface area contributed by atoms with Gasteiger partial charge in [0.25, 0.3) is 5.91 Å². The van der Waals surface area contributed by atoms with E-state index < -0.39 is 6.04 Å². The largest absolute Gasteiger partial charge is 0.378 e. The number of nitrogens with one attached hydrogen (secondary N) is 1. The number of amides is 2. The van der Waals surface area contributed by atoms with Gasteiger partial charge in [-0.15, -0.1) is 0 Å². The quantitative estimate of drug-likeness (QED) is 0.921. The van der Waals surface area contributed by atoms with Crippen molar-refractivity contribution in [2.45, 2.75) is 19.9 Å². The van der Waals surface area contributed by atoms with Crippen molar-refractivity contribution < 1.29 is 14.3 Å². The number of benzene rings is 1. The Morgan fingerprint density at radius 3 is 2.45 bits per heavy atom. The number of carbonyl (C=O) groups is 2. The first kappa shape index (κ1) is 16.8. The molecule has 5 nitrogen and oxygen atoms in total. The normalized spacial score (nSPS) is 16.5. The second kappa shape index (κ2) is 7.61. The number of halogens is 1. The summed E-state index contributed by atoms with van der Waals surface area (Å²) >= 11 is 6.04. The van der Waals surface area contributed by atoms with Crippen LogP contribution in [-0.2, 0) is 9.53 Å². The van der Waals surface area contributed by atoms with E-state index in [1.54, 1.807) is 29.2 Å². The van der Waals surface area contributed by atoms with Crippen LogP contribution in [0.1, 0.15) is 24.2 Å². The minimum atomic E-state index is -0.568. The van der Waals surface area contributed by atoms with Gasteiger partial charge in [0.05, 0.1) is 23.8 Å². The van der Waals surface area contributed by atoms with Crippen molar-refractivity contribution in [2.24, 2.45) is 5.92 Å². The van der Waals surface area contributed by atoms with Crippen molar-refractivity contribution in [1.82, 2.24) is 10.2 Å². The summed E-state index contributed by atoms with van der Waals surface area (Å²) < 4.78 is 5.26. The number of hydrogen-bond donors (Lipinski definition) is 1. The van der Waals surface area contributed by atoms with Crippen molar-refractivity contribution in [1.29, 1.82) is 0 Å². The standard InChI is InChI=1S/C16H21ClN2O3/c1-11(2)14(16(21)19-7-9-22-10-8-19)18-15(20)12-5-3-4-6-13(12)17/h3-6,11,14H,7-10H2,1-2H3,(H,18,20)/t14-/m1/s1. The lowest BCUT2D eigenvalue weighted by Gasteiger charge is -2.32. The molecule has 0 spiro atoms. The van der Waals surface area contributed by atoms with Gasteiger partial charge in [0.15, 0.2) is 0 Å². The predicted molar refractivity (Wildman–Crippen MR) is 84.9 cm³/mol. The van der Waals surface area contributed by atoms with E-state index in [0.29, 0.717) is 36.9 Å². The Morgan fingerprint density at radius 1 is 1.23 bits per heavy atom. The molecule has 1 saturated heterocycles. The highest BCUT2D eigenvalue weighted by Gasteiger charge is 2.30. The fraction of sp³-hybridized carbons (Fsp3) is 0.500. The summed E-state index contributed by atoms with van der Waals surface area (Å²) in [6.45, 7) is 6.02. The fourth-order valence-corrected chi connectivity index (χ4v) is 2.58. The monoisotopic (exact) mass is 324 g/mol. The molecule has 0 unspecified atom stereocenters. The highest BCUT2D eigenvalue weighted by atomic mass is 35.5. The predicted octanol–water partition coefficient (Wildman–Crippen LogP) is 1.95. The molecular formula is C16H21ClN2O3. The zero-order valence-electron chi connectivity index (χ0n) is 12.8. The third-order valence-corrected chi connectivity index (χ3v) is 3.99. The van der Waals surface area contributed by atoms with Crippen molar-refractivity contribution in [3.05, 3.63) is 34.9 Å². The van der Waals surface area contributed by atoms with Gasteiger partial charge in [0.1, 0.15) is 6.04 Å². The van der Waals surface area contributed by atoms with Crippen molar-refractivity contribution in [2.75, 3.05) is 26.3 Å². The second-order valence-corrected chi connectivity index (χ2v) is 6.02. The van der Waals surface area contributed by atoms with E-state index in [1.807, 2.05) is 13.8 Å². The summed E-state index contributed by atoms with van der Waals surface area (Å²) in [6.07, 6.45) is 0. The maximum absolute atomic E-state index is 12.6. The second-order valence-electron chi connectivity index (χ2n) is 5.61. The van der Waals surface area contributed by atoms with Crippen LogP contribution in [0, 0.1) is 5.92 Å². The number of rotatable bonds is 4. The smallest absolute Gasteiger partial charge is 0.253 e. The number of carbonyl (C=O) groups excluding carboxylic acids is 2. The molecule has 1 aromatic carbocycles. The third-order valence-electron chi connectivity index (χ3n) is 3.66.